The molecule has 2 amide bonds. The van der Waals surface area contributed by atoms with Crippen molar-refractivity contribution in [1.29, 1.82) is 0 Å². The fraction of sp³-hybridized carbons (Fsp3) is 0.174. The second kappa shape index (κ2) is 10.6. The van der Waals surface area contributed by atoms with Gasteiger partial charge in [-0.05, 0) is 61.5 Å². The van der Waals surface area contributed by atoms with Crippen LogP contribution in [0.25, 0.3) is 0 Å². The molecule has 10 heteroatoms. The molecule has 0 atom stereocenters. The van der Waals surface area contributed by atoms with Crippen LogP contribution in [0.2, 0.25) is 0 Å². The van der Waals surface area contributed by atoms with Gasteiger partial charge in [0.15, 0.2) is 0 Å². The van der Waals surface area contributed by atoms with Crippen molar-refractivity contribution in [3.05, 3.63) is 66.7 Å². The summed E-state index contributed by atoms with van der Waals surface area (Å²) in [7, 11) is -1.01. The molecule has 9 nitrogen and oxygen atoms in total. The van der Waals surface area contributed by atoms with Crippen LogP contribution in [0.5, 0.6) is 17.2 Å². The van der Waals surface area contributed by atoms with Crippen LogP contribution in [0.15, 0.2) is 71.6 Å². The minimum atomic E-state index is -3.93. The molecule has 0 aromatic heterocycles. The fourth-order valence-electron chi connectivity index (χ4n) is 2.98. The number of ether oxygens (including phenoxy) is 3. The molecule has 0 radical (unpaired) electrons. The van der Waals surface area contributed by atoms with E-state index in [9.17, 15) is 13.2 Å². The van der Waals surface area contributed by atoms with Crippen LogP contribution in [0.4, 0.5) is 21.9 Å². The normalized spacial score (nSPS) is 10.8. The molecule has 0 aliphatic carbocycles. The molecule has 3 rings (SSSR count). The van der Waals surface area contributed by atoms with E-state index in [-0.39, 0.29) is 10.6 Å². The topological polar surface area (TPSA) is 115 Å². The molecule has 0 fully saturated rings. The summed E-state index contributed by atoms with van der Waals surface area (Å²) < 4.78 is 44.2. The summed E-state index contributed by atoms with van der Waals surface area (Å²) in [6.45, 7) is 2.37. The number of hydrogen-bond acceptors (Lipinski definition) is 6. The number of carbonyl (C=O) groups excluding carboxylic acids is 1. The van der Waals surface area contributed by atoms with Crippen molar-refractivity contribution < 1.29 is 27.4 Å². The van der Waals surface area contributed by atoms with Crippen LogP contribution in [0.1, 0.15) is 6.92 Å². The summed E-state index contributed by atoms with van der Waals surface area (Å²) in [6, 6.07) is 17.0. The SMILES string of the molecule is CCOc1ccc(NS(=O)(=O)c2ccc(OC)c(NC(=O)Nc3ccccc3OC)c2)cc1. The van der Waals surface area contributed by atoms with Gasteiger partial charge < -0.3 is 24.8 Å². The van der Waals surface area contributed by atoms with Gasteiger partial charge in [0.25, 0.3) is 10.0 Å². The molecule has 3 aromatic carbocycles. The van der Waals surface area contributed by atoms with Gasteiger partial charge in [-0.1, -0.05) is 12.1 Å². The first kappa shape index (κ1) is 23.7. The van der Waals surface area contributed by atoms with Gasteiger partial charge in [-0.15, -0.1) is 0 Å². The third-order valence-corrected chi connectivity index (χ3v) is 5.88. The zero-order valence-corrected chi connectivity index (χ0v) is 19.2. The third kappa shape index (κ3) is 6.07. The molecule has 33 heavy (non-hydrogen) atoms. The quantitative estimate of drug-likeness (QED) is 0.422. The number of amides is 2. The number of methoxy groups -OCH3 is 2. The smallest absolute Gasteiger partial charge is 0.323 e. The molecule has 0 unspecified atom stereocenters. The van der Waals surface area contributed by atoms with E-state index < -0.39 is 16.1 Å². The number of anilines is 3. The van der Waals surface area contributed by atoms with Crippen molar-refractivity contribution >= 4 is 33.1 Å². The maximum atomic E-state index is 12.9. The van der Waals surface area contributed by atoms with Crippen LogP contribution in [-0.4, -0.2) is 35.3 Å². The predicted molar refractivity (Wildman–Crippen MR) is 127 cm³/mol. The van der Waals surface area contributed by atoms with Crippen molar-refractivity contribution in [2.45, 2.75) is 11.8 Å². The second-order valence-corrected chi connectivity index (χ2v) is 8.39. The average molecular weight is 472 g/mol. The van der Waals surface area contributed by atoms with Gasteiger partial charge >= 0.3 is 6.03 Å². The summed E-state index contributed by atoms with van der Waals surface area (Å²) in [5.74, 6) is 1.41. The first-order valence-corrected chi connectivity index (χ1v) is 11.5. The Morgan fingerprint density at radius 2 is 1.48 bits per heavy atom. The Hall–Kier alpha value is -3.92. The maximum absolute atomic E-state index is 12.9. The van der Waals surface area contributed by atoms with Crippen molar-refractivity contribution in [1.82, 2.24) is 0 Å². The summed E-state index contributed by atoms with van der Waals surface area (Å²) >= 11 is 0. The number of rotatable bonds is 9. The Morgan fingerprint density at radius 1 is 0.848 bits per heavy atom. The highest BCUT2D eigenvalue weighted by atomic mass is 32.2. The lowest BCUT2D eigenvalue weighted by atomic mass is 10.3. The zero-order chi connectivity index (χ0) is 23.8. The first-order valence-electron chi connectivity index (χ1n) is 10.0. The molecular formula is C23H25N3O6S. The number of sulfonamides is 1. The highest BCUT2D eigenvalue weighted by molar-refractivity contribution is 7.92. The van der Waals surface area contributed by atoms with Gasteiger partial charge in [0.05, 0.1) is 37.1 Å². The lowest BCUT2D eigenvalue weighted by Crippen LogP contribution is -2.21. The zero-order valence-electron chi connectivity index (χ0n) is 18.4. The highest BCUT2D eigenvalue weighted by Crippen LogP contribution is 2.30. The largest absolute Gasteiger partial charge is 0.495 e. The summed E-state index contributed by atoms with van der Waals surface area (Å²) in [5.41, 5.74) is 1.01. The molecule has 3 N–H and O–H groups in total. The van der Waals surface area contributed by atoms with Crippen molar-refractivity contribution in [2.75, 3.05) is 36.2 Å². The van der Waals surface area contributed by atoms with Gasteiger partial charge in [-0.25, -0.2) is 13.2 Å². The molecule has 0 aliphatic heterocycles. The van der Waals surface area contributed by atoms with Crippen molar-refractivity contribution in [3.63, 3.8) is 0 Å². The molecule has 0 saturated carbocycles. The van der Waals surface area contributed by atoms with E-state index in [0.717, 1.165) is 0 Å². The number of nitrogens with one attached hydrogen (secondary N) is 3. The molecule has 3 aromatic rings. The number of hydrogen-bond donors (Lipinski definition) is 3. The summed E-state index contributed by atoms with van der Waals surface area (Å²) in [4.78, 5) is 12.5. The average Bonchev–Trinajstić information content (AvgIpc) is 2.80. The molecule has 0 heterocycles. The first-order chi connectivity index (χ1) is 15.9. The Labute approximate surface area is 192 Å². The van der Waals surface area contributed by atoms with Crippen LogP contribution in [-0.2, 0) is 10.0 Å². The van der Waals surface area contributed by atoms with E-state index in [0.29, 0.717) is 35.2 Å². The monoisotopic (exact) mass is 471 g/mol. The third-order valence-electron chi connectivity index (χ3n) is 4.50. The molecule has 0 saturated heterocycles. The highest BCUT2D eigenvalue weighted by Gasteiger charge is 2.18. The van der Waals surface area contributed by atoms with Gasteiger partial charge in [0.2, 0.25) is 0 Å². The minimum absolute atomic E-state index is 0.0511. The van der Waals surface area contributed by atoms with Gasteiger partial charge in [0, 0.05) is 5.69 Å². The van der Waals surface area contributed by atoms with Gasteiger partial charge in [-0.3, -0.25) is 4.72 Å². The second-order valence-electron chi connectivity index (χ2n) is 6.70. The van der Waals surface area contributed by atoms with Gasteiger partial charge in [0.1, 0.15) is 17.2 Å². The lowest BCUT2D eigenvalue weighted by Gasteiger charge is -2.15. The van der Waals surface area contributed by atoms with E-state index in [1.165, 1.54) is 32.4 Å². The van der Waals surface area contributed by atoms with E-state index in [1.54, 1.807) is 48.5 Å². The molecule has 0 spiro atoms. The van der Waals surface area contributed by atoms with Crippen LogP contribution in [0, 0.1) is 0 Å². The predicted octanol–water partition coefficient (Wildman–Crippen LogP) is 4.55. The van der Waals surface area contributed by atoms with Crippen LogP contribution in [0.3, 0.4) is 0 Å². The number of urea groups is 1. The van der Waals surface area contributed by atoms with Crippen molar-refractivity contribution in [3.8, 4) is 17.2 Å². The lowest BCUT2D eigenvalue weighted by molar-refractivity contribution is 0.262. The van der Waals surface area contributed by atoms with E-state index in [1.807, 2.05) is 6.92 Å². The number of benzene rings is 3. The Balaban J connectivity index is 1.79. The maximum Gasteiger partial charge on any atom is 0.323 e. The number of para-hydroxylation sites is 2. The minimum Gasteiger partial charge on any atom is -0.495 e. The van der Waals surface area contributed by atoms with Gasteiger partial charge in [-0.2, -0.15) is 0 Å². The van der Waals surface area contributed by atoms with E-state index in [4.69, 9.17) is 14.2 Å². The van der Waals surface area contributed by atoms with E-state index >= 15 is 0 Å². The molecular weight excluding hydrogens is 446 g/mol. The Morgan fingerprint density at radius 3 is 2.15 bits per heavy atom. The standard InChI is InChI=1S/C23H25N3O6S/c1-4-32-17-11-9-16(10-12-17)26-33(28,29)18-13-14-22(31-3)20(15-18)25-23(27)24-19-7-5-6-8-21(19)30-2/h5-15,26H,4H2,1-3H3,(H2,24,25,27). The summed E-state index contributed by atoms with van der Waals surface area (Å²) in [6.07, 6.45) is 0. The Kier molecular flexibility index (Phi) is 7.62. The molecule has 174 valence electrons. The van der Waals surface area contributed by atoms with Crippen LogP contribution < -0.4 is 29.6 Å². The fourth-order valence-corrected chi connectivity index (χ4v) is 4.06. The summed E-state index contributed by atoms with van der Waals surface area (Å²) in [5, 5.41) is 5.29. The van der Waals surface area contributed by atoms with Crippen molar-refractivity contribution in [2.24, 2.45) is 0 Å². The van der Waals surface area contributed by atoms with Crippen LogP contribution >= 0.6 is 0 Å². The molecule has 0 aliphatic rings. The molecule has 0 bridgehead atoms. The number of carbonyl (C=O) groups is 1. The Bertz CT molecular complexity index is 1210. The van der Waals surface area contributed by atoms with E-state index in [2.05, 4.69) is 15.4 Å².